The van der Waals surface area contributed by atoms with Crippen molar-refractivity contribution in [2.24, 2.45) is 0 Å². The van der Waals surface area contributed by atoms with Crippen molar-refractivity contribution in [3.63, 3.8) is 0 Å². The Morgan fingerprint density at radius 2 is 1.93 bits per heavy atom. The molecule has 1 aliphatic rings. The Balaban J connectivity index is 2.07. The first kappa shape index (κ1) is 21.9. The highest BCUT2D eigenvalue weighted by Gasteiger charge is 2.38. The van der Waals surface area contributed by atoms with Gasteiger partial charge in [0.25, 0.3) is 0 Å². The van der Waals surface area contributed by atoms with E-state index in [1.54, 1.807) is 27.7 Å². The SMILES string of the molecule is CCOC(=O)CC[C@@H]1C[C@H](Oc2ccc(F)c(F)c2)CN1C(=O)OC(C)(C)C. The second kappa shape index (κ2) is 9.21. The summed E-state index contributed by atoms with van der Waals surface area (Å²) in [6, 6.07) is 3.01. The largest absolute Gasteiger partial charge is 0.488 e. The van der Waals surface area contributed by atoms with Gasteiger partial charge in [0, 0.05) is 24.9 Å². The van der Waals surface area contributed by atoms with Gasteiger partial charge in [0.05, 0.1) is 13.2 Å². The maximum absolute atomic E-state index is 13.4. The lowest BCUT2D eigenvalue weighted by Gasteiger charge is -2.28. The molecule has 0 saturated carbocycles. The van der Waals surface area contributed by atoms with Crippen molar-refractivity contribution in [2.45, 2.75) is 64.7 Å². The highest BCUT2D eigenvalue weighted by Crippen LogP contribution is 2.28. The number of halogens is 2. The van der Waals surface area contributed by atoms with Crippen LogP contribution in [0.5, 0.6) is 5.75 Å². The molecular formula is C20H27F2NO5. The highest BCUT2D eigenvalue weighted by molar-refractivity contribution is 5.71. The first-order valence-corrected chi connectivity index (χ1v) is 9.36. The van der Waals surface area contributed by atoms with Crippen LogP contribution in [-0.2, 0) is 14.3 Å². The summed E-state index contributed by atoms with van der Waals surface area (Å²) >= 11 is 0. The number of hydrogen-bond acceptors (Lipinski definition) is 5. The number of carbonyl (C=O) groups excluding carboxylic acids is 2. The summed E-state index contributed by atoms with van der Waals surface area (Å²) in [4.78, 5) is 25.8. The summed E-state index contributed by atoms with van der Waals surface area (Å²) < 4.78 is 42.6. The lowest BCUT2D eigenvalue weighted by atomic mass is 10.1. The Bertz CT molecular complexity index is 704. The van der Waals surface area contributed by atoms with Crippen LogP contribution in [0.3, 0.4) is 0 Å². The predicted octanol–water partition coefficient (Wildman–Crippen LogP) is 4.06. The van der Waals surface area contributed by atoms with Gasteiger partial charge in [0.15, 0.2) is 11.6 Å². The lowest BCUT2D eigenvalue weighted by Crippen LogP contribution is -2.40. The number of ether oxygens (including phenoxy) is 3. The Morgan fingerprint density at radius 1 is 1.21 bits per heavy atom. The van der Waals surface area contributed by atoms with Crippen LogP contribution in [0.1, 0.15) is 47.0 Å². The van der Waals surface area contributed by atoms with Crippen molar-refractivity contribution in [1.29, 1.82) is 0 Å². The van der Waals surface area contributed by atoms with Crippen LogP contribution in [0.2, 0.25) is 0 Å². The fraction of sp³-hybridized carbons (Fsp3) is 0.600. The van der Waals surface area contributed by atoms with E-state index in [1.165, 1.54) is 11.0 Å². The van der Waals surface area contributed by atoms with E-state index in [4.69, 9.17) is 14.2 Å². The van der Waals surface area contributed by atoms with Crippen molar-refractivity contribution in [3.05, 3.63) is 29.8 Å². The Kier molecular flexibility index (Phi) is 7.21. The third kappa shape index (κ3) is 6.35. The van der Waals surface area contributed by atoms with Gasteiger partial charge in [0.2, 0.25) is 0 Å². The van der Waals surface area contributed by atoms with Crippen molar-refractivity contribution in [2.75, 3.05) is 13.2 Å². The van der Waals surface area contributed by atoms with Crippen LogP contribution in [0.25, 0.3) is 0 Å². The minimum Gasteiger partial charge on any atom is -0.488 e. The van der Waals surface area contributed by atoms with Gasteiger partial charge >= 0.3 is 12.1 Å². The van der Waals surface area contributed by atoms with E-state index in [0.29, 0.717) is 19.4 Å². The number of amides is 1. The Hall–Kier alpha value is -2.38. The molecule has 6 nitrogen and oxygen atoms in total. The van der Waals surface area contributed by atoms with Gasteiger partial charge in [-0.2, -0.15) is 0 Å². The number of likely N-dealkylation sites (tertiary alicyclic amines) is 1. The summed E-state index contributed by atoms with van der Waals surface area (Å²) in [5.41, 5.74) is -0.665. The molecule has 1 fully saturated rings. The molecule has 1 aromatic rings. The molecule has 156 valence electrons. The molecule has 0 radical (unpaired) electrons. The Morgan fingerprint density at radius 3 is 2.54 bits per heavy atom. The van der Waals surface area contributed by atoms with E-state index in [9.17, 15) is 18.4 Å². The van der Waals surface area contributed by atoms with Crippen LogP contribution >= 0.6 is 0 Å². The fourth-order valence-corrected chi connectivity index (χ4v) is 3.04. The molecule has 2 rings (SSSR count). The normalized spacial score (nSPS) is 19.4. The molecule has 0 N–H and O–H groups in total. The second-order valence-electron chi connectivity index (χ2n) is 7.68. The van der Waals surface area contributed by atoms with Crippen molar-refractivity contribution in [3.8, 4) is 5.75 Å². The number of esters is 1. The van der Waals surface area contributed by atoms with E-state index in [-0.39, 0.29) is 30.7 Å². The first-order chi connectivity index (χ1) is 13.1. The average Bonchev–Trinajstić information content (AvgIpc) is 2.98. The fourth-order valence-electron chi connectivity index (χ4n) is 3.04. The van der Waals surface area contributed by atoms with Crippen molar-refractivity contribution >= 4 is 12.1 Å². The van der Waals surface area contributed by atoms with Crippen LogP contribution in [0.15, 0.2) is 18.2 Å². The van der Waals surface area contributed by atoms with Gasteiger partial charge < -0.3 is 19.1 Å². The topological polar surface area (TPSA) is 65.1 Å². The minimum atomic E-state index is -1.00. The van der Waals surface area contributed by atoms with Crippen LogP contribution < -0.4 is 4.74 Å². The second-order valence-corrected chi connectivity index (χ2v) is 7.68. The molecule has 2 atom stereocenters. The van der Waals surface area contributed by atoms with E-state index < -0.39 is 29.4 Å². The minimum absolute atomic E-state index is 0.162. The zero-order chi connectivity index (χ0) is 20.9. The molecule has 28 heavy (non-hydrogen) atoms. The van der Waals surface area contributed by atoms with Gasteiger partial charge in [-0.3, -0.25) is 4.79 Å². The summed E-state index contributed by atoms with van der Waals surface area (Å²) in [6.45, 7) is 7.55. The number of benzene rings is 1. The molecule has 1 heterocycles. The van der Waals surface area contributed by atoms with Gasteiger partial charge in [0.1, 0.15) is 17.5 Å². The third-order valence-corrected chi connectivity index (χ3v) is 4.18. The molecular weight excluding hydrogens is 372 g/mol. The van der Waals surface area contributed by atoms with Crippen molar-refractivity contribution < 1.29 is 32.6 Å². The molecule has 0 spiro atoms. The first-order valence-electron chi connectivity index (χ1n) is 9.36. The van der Waals surface area contributed by atoms with Crippen LogP contribution in [-0.4, -0.2) is 47.9 Å². The van der Waals surface area contributed by atoms with E-state index >= 15 is 0 Å². The molecule has 1 saturated heterocycles. The van der Waals surface area contributed by atoms with Crippen LogP contribution in [0.4, 0.5) is 13.6 Å². The molecule has 1 aliphatic heterocycles. The Labute approximate surface area is 163 Å². The van der Waals surface area contributed by atoms with Gasteiger partial charge in [-0.25, -0.2) is 13.6 Å². The van der Waals surface area contributed by atoms with E-state index in [1.807, 2.05) is 0 Å². The number of hydrogen-bond donors (Lipinski definition) is 0. The standard InChI is InChI=1S/C20H27F2NO5/c1-5-26-18(24)9-6-13-10-15(12-23(13)19(25)28-20(2,3)4)27-14-7-8-16(21)17(22)11-14/h7-8,11,13,15H,5-6,9-10,12H2,1-4H3/t13-,15+/m1/s1. The zero-order valence-corrected chi connectivity index (χ0v) is 16.7. The molecule has 0 aliphatic carbocycles. The molecule has 0 unspecified atom stereocenters. The van der Waals surface area contributed by atoms with Gasteiger partial charge in [-0.15, -0.1) is 0 Å². The molecule has 8 heteroatoms. The number of rotatable bonds is 6. The summed E-state index contributed by atoms with van der Waals surface area (Å²) in [7, 11) is 0. The number of nitrogens with zero attached hydrogens (tertiary/aromatic N) is 1. The monoisotopic (exact) mass is 399 g/mol. The quantitative estimate of drug-likeness (QED) is 0.675. The van der Waals surface area contributed by atoms with Crippen LogP contribution in [0, 0.1) is 11.6 Å². The summed E-state index contributed by atoms with van der Waals surface area (Å²) in [5, 5.41) is 0. The molecule has 0 aromatic heterocycles. The maximum Gasteiger partial charge on any atom is 0.410 e. The lowest BCUT2D eigenvalue weighted by molar-refractivity contribution is -0.143. The summed E-state index contributed by atoms with van der Waals surface area (Å²) in [5.74, 6) is -2.12. The maximum atomic E-state index is 13.4. The smallest absolute Gasteiger partial charge is 0.410 e. The van der Waals surface area contributed by atoms with Gasteiger partial charge in [-0.05, 0) is 46.2 Å². The molecule has 0 bridgehead atoms. The predicted molar refractivity (Wildman–Crippen MR) is 98.0 cm³/mol. The highest BCUT2D eigenvalue weighted by atomic mass is 19.2. The van der Waals surface area contributed by atoms with E-state index in [0.717, 1.165) is 12.1 Å². The van der Waals surface area contributed by atoms with Gasteiger partial charge in [-0.1, -0.05) is 0 Å². The molecule has 1 aromatic carbocycles. The molecule has 1 amide bonds. The van der Waals surface area contributed by atoms with Crippen molar-refractivity contribution in [1.82, 2.24) is 4.90 Å². The average molecular weight is 399 g/mol. The van der Waals surface area contributed by atoms with E-state index in [2.05, 4.69) is 0 Å². The third-order valence-electron chi connectivity index (χ3n) is 4.18. The number of carbonyl (C=O) groups is 2. The zero-order valence-electron chi connectivity index (χ0n) is 16.7. The summed E-state index contributed by atoms with van der Waals surface area (Å²) in [6.07, 6.45) is 0.0746.